The Hall–Kier alpha value is -1.96. The fourth-order valence-corrected chi connectivity index (χ4v) is 1.83. The minimum absolute atomic E-state index is 0.664. The van der Waals surface area contributed by atoms with Gasteiger partial charge in [0, 0.05) is 23.7 Å². The van der Waals surface area contributed by atoms with Crippen molar-refractivity contribution in [2.75, 3.05) is 5.73 Å². The zero-order chi connectivity index (χ0) is 10.3. The Bertz CT molecular complexity index is 520. The van der Waals surface area contributed by atoms with Gasteiger partial charge in [-0.15, -0.1) is 0 Å². The average molecular weight is 196 g/mol. The number of ether oxygens (including phenoxy) is 1. The number of hydrogen-bond acceptors (Lipinski definition) is 2. The van der Waals surface area contributed by atoms with E-state index < -0.39 is 0 Å². The third kappa shape index (κ3) is 1.34. The Morgan fingerprint density at radius 3 is 2.87 bits per heavy atom. The SMILES string of the molecule is Nc1[c]c2c(cc1)Oc1ccccc1C2. The van der Waals surface area contributed by atoms with E-state index in [1.165, 1.54) is 5.56 Å². The van der Waals surface area contributed by atoms with Crippen LogP contribution in [0, 0.1) is 6.07 Å². The van der Waals surface area contributed by atoms with Crippen LogP contribution in [0.3, 0.4) is 0 Å². The molecule has 2 nitrogen and oxygen atoms in total. The van der Waals surface area contributed by atoms with E-state index in [1.807, 2.05) is 30.3 Å². The van der Waals surface area contributed by atoms with E-state index in [4.69, 9.17) is 10.5 Å². The second kappa shape index (κ2) is 3.02. The molecule has 1 aliphatic heterocycles. The van der Waals surface area contributed by atoms with Crippen molar-refractivity contribution in [3.8, 4) is 11.5 Å². The number of benzene rings is 2. The van der Waals surface area contributed by atoms with Crippen LogP contribution < -0.4 is 10.5 Å². The standard InChI is InChI=1S/C13H10NO/c14-11-5-6-13-10(8-11)7-9-3-1-2-4-12(9)15-13/h1-6H,7,14H2. The first kappa shape index (κ1) is 8.36. The third-order valence-electron chi connectivity index (χ3n) is 2.57. The van der Waals surface area contributed by atoms with Crippen molar-refractivity contribution < 1.29 is 4.74 Å². The first-order valence-electron chi connectivity index (χ1n) is 4.89. The summed E-state index contributed by atoms with van der Waals surface area (Å²) in [5.74, 6) is 1.80. The number of nitrogens with two attached hydrogens (primary N) is 1. The van der Waals surface area contributed by atoms with Gasteiger partial charge in [-0.3, -0.25) is 0 Å². The molecule has 2 N–H and O–H groups in total. The van der Waals surface area contributed by atoms with Crippen LogP contribution in [0.2, 0.25) is 0 Å². The number of anilines is 1. The fraction of sp³-hybridized carbons (Fsp3) is 0.0769. The maximum Gasteiger partial charge on any atom is 0.131 e. The molecule has 0 saturated heterocycles. The predicted octanol–water partition coefficient (Wildman–Crippen LogP) is 2.77. The maximum absolute atomic E-state index is 5.75. The zero-order valence-electron chi connectivity index (χ0n) is 8.16. The van der Waals surface area contributed by atoms with E-state index in [0.717, 1.165) is 23.5 Å². The minimum atomic E-state index is 0.664. The molecule has 73 valence electrons. The number of para-hydroxylation sites is 1. The van der Waals surface area contributed by atoms with Crippen LogP contribution in [0.25, 0.3) is 0 Å². The molecule has 0 aliphatic carbocycles. The Morgan fingerprint density at radius 2 is 1.93 bits per heavy atom. The molecule has 15 heavy (non-hydrogen) atoms. The molecule has 0 unspecified atom stereocenters. The zero-order valence-corrected chi connectivity index (χ0v) is 8.16. The molecule has 0 bridgehead atoms. The highest BCUT2D eigenvalue weighted by Crippen LogP contribution is 2.36. The van der Waals surface area contributed by atoms with Crippen molar-refractivity contribution in [1.82, 2.24) is 0 Å². The molecule has 0 atom stereocenters. The number of hydrogen-bond donors (Lipinski definition) is 1. The fourth-order valence-electron chi connectivity index (χ4n) is 1.83. The summed E-state index contributed by atoms with van der Waals surface area (Å²) in [5, 5.41) is 0. The van der Waals surface area contributed by atoms with Gasteiger partial charge in [0.1, 0.15) is 11.5 Å². The summed E-state index contributed by atoms with van der Waals surface area (Å²) >= 11 is 0. The lowest BCUT2D eigenvalue weighted by Gasteiger charge is -2.19. The maximum atomic E-state index is 5.75. The first-order chi connectivity index (χ1) is 7.33. The highest BCUT2D eigenvalue weighted by molar-refractivity contribution is 5.54. The molecule has 2 aromatic rings. The van der Waals surface area contributed by atoms with Crippen molar-refractivity contribution >= 4 is 5.69 Å². The van der Waals surface area contributed by atoms with Gasteiger partial charge < -0.3 is 10.5 Å². The largest absolute Gasteiger partial charge is 0.457 e. The molecule has 1 heterocycles. The molecule has 0 saturated carbocycles. The van der Waals surface area contributed by atoms with Crippen molar-refractivity contribution in [2.24, 2.45) is 0 Å². The predicted molar refractivity (Wildman–Crippen MR) is 59.0 cm³/mol. The Morgan fingerprint density at radius 1 is 1.07 bits per heavy atom. The van der Waals surface area contributed by atoms with Gasteiger partial charge in [0.05, 0.1) is 0 Å². The van der Waals surface area contributed by atoms with E-state index in [0.29, 0.717) is 5.69 Å². The summed E-state index contributed by atoms with van der Waals surface area (Å²) < 4.78 is 5.75. The van der Waals surface area contributed by atoms with Crippen LogP contribution in [0.4, 0.5) is 5.69 Å². The number of rotatable bonds is 0. The summed E-state index contributed by atoms with van der Waals surface area (Å²) in [7, 11) is 0. The van der Waals surface area contributed by atoms with E-state index in [-0.39, 0.29) is 0 Å². The topological polar surface area (TPSA) is 35.2 Å². The molecule has 1 aliphatic rings. The lowest BCUT2D eigenvalue weighted by Crippen LogP contribution is -2.03. The molecular weight excluding hydrogens is 186 g/mol. The molecule has 2 aromatic carbocycles. The van der Waals surface area contributed by atoms with Gasteiger partial charge in [-0.25, -0.2) is 0 Å². The van der Waals surface area contributed by atoms with Gasteiger partial charge in [0.25, 0.3) is 0 Å². The molecule has 0 aromatic heterocycles. The van der Waals surface area contributed by atoms with E-state index in [2.05, 4.69) is 12.1 Å². The molecular formula is C13H10NO. The summed E-state index contributed by atoms with van der Waals surface area (Å²) in [5.41, 5.74) is 8.58. The first-order valence-corrected chi connectivity index (χ1v) is 4.89. The smallest absolute Gasteiger partial charge is 0.131 e. The third-order valence-corrected chi connectivity index (χ3v) is 2.57. The number of nitrogen functional groups attached to an aromatic ring is 1. The van der Waals surface area contributed by atoms with Crippen molar-refractivity contribution in [3.63, 3.8) is 0 Å². The minimum Gasteiger partial charge on any atom is -0.457 e. The van der Waals surface area contributed by atoms with Crippen LogP contribution >= 0.6 is 0 Å². The van der Waals surface area contributed by atoms with Crippen molar-refractivity contribution in [3.05, 3.63) is 53.6 Å². The molecule has 1 radical (unpaired) electrons. The van der Waals surface area contributed by atoms with Gasteiger partial charge in [0.2, 0.25) is 0 Å². The van der Waals surface area contributed by atoms with Gasteiger partial charge in [-0.2, -0.15) is 0 Å². The Labute approximate surface area is 88.3 Å². The van der Waals surface area contributed by atoms with Crippen LogP contribution in [0.5, 0.6) is 11.5 Å². The van der Waals surface area contributed by atoms with Crippen LogP contribution in [0.15, 0.2) is 36.4 Å². The highest BCUT2D eigenvalue weighted by Gasteiger charge is 2.16. The quantitative estimate of drug-likeness (QED) is 0.561. The summed E-state index contributed by atoms with van der Waals surface area (Å²) in [6.45, 7) is 0. The molecule has 2 heteroatoms. The lowest BCUT2D eigenvalue weighted by atomic mass is 10.0. The van der Waals surface area contributed by atoms with E-state index >= 15 is 0 Å². The van der Waals surface area contributed by atoms with Crippen molar-refractivity contribution in [1.29, 1.82) is 0 Å². The van der Waals surface area contributed by atoms with Gasteiger partial charge in [-0.05, 0) is 23.8 Å². The molecule has 0 amide bonds. The average Bonchev–Trinajstić information content (AvgIpc) is 2.26. The molecule has 0 fully saturated rings. The summed E-state index contributed by atoms with van der Waals surface area (Å²) in [6, 6.07) is 14.9. The van der Waals surface area contributed by atoms with Crippen LogP contribution in [0.1, 0.15) is 11.1 Å². The normalized spacial score (nSPS) is 12.5. The van der Waals surface area contributed by atoms with Gasteiger partial charge in [0.15, 0.2) is 0 Å². The highest BCUT2D eigenvalue weighted by atomic mass is 16.5. The Balaban J connectivity index is 2.11. The van der Waals surface area contributed by atoms with Crippen LogP contribution in [-0.2, 0) is 6.42 Å². The van der Waals surface area contributed by atoms with Crippen LogP contribution in [-0.4, -0.2) is 0 Å². The summed E-state index contributed by atoms with van der Waals surface area (Å²) in [4.78, 5) is 0. The van der Waals surface area contributed by atoms with Gasteiger partial charge >= 0.3 is 0 Å². The lowest BCUT2D eigenvalue weighted by molar-refractivity contribution is 0.460. The molecule has 3 rings (SSSR count). The second-order valence-electron chi connectivity index (χ2n) is 3.64. The Kier molecular flexibility index (Phi) is 1.68. The molecule has 0 spiro atoms. The van der Waals surface area contributed by atoms with Gasteiger partial charge in [-0.1, -0.05) is 18.2 Å². The summed E-state index contributed by atoms with van der Waals surface area (Å²) in [6.07, 6.45) is 0.844. The number of fused-ring (bicyclic) bond motifs is 2. The van der Waals surface area contributed by atoms with Crippen molar-refractivity contribution in [2.45, 2.75) is 6.42 Å². The monoisotopic (exact) mass is 196 g/mol. The second-order valence-corrected chi connectivity index (χ2v) is 3.64. The van der Waals surface area contributed by atoms with E-state index in [1.54, 1.807) is 0 Å². The van der Waals surface area contributed by atoms with E-state index in [9.17, 15) is 0 Å².